The third-order valence-corrected chi connectivity index (χ3v) is 3.92. The zero-order valence-electron chi connectivity index (χ0n) is 15.7. The van der Waals surface area contributed by atoms with Gasteiger partial charge in [-0.2, -0.15) is 0 Å². The summed E-state index contributed by atoms with van der Waals surface area (Å²) in [4.78, 5) is 43.2. The van der Waals surface area contributed by atoms with E-state index in [2.05, 4.69) is 15.3 Å². The molecule has 0 aliphatic heterocycles. The molecule has 0 saturated heterocycles. The van der Waals surface area contributed by atoms with E-state index >= 15 is 0 Å². The molecule has 1 aromatic heterocycles. The number of anilines is 1. The Labute approximate surface area is 170 Å². The van der Waals surface area contributed by atoms with Crippen molar-refractivity contribution in [1.82, 2.24) is 9.97 Å². The first kappa shape index (κ1) is 20.4. The van der Waals surface area contributed by atoms with E-state index in [4.69, 9.17) is 4.74 Å². The number of amides is 1. The molecule has 2 N–H and O–H groups in total. The molecule has 0 fully saturated rings. The van der Waals surface area contributed by atoms with Crippen molar-refractivity contribution in [3.63, 3.8) is 0 Å². The Hall–Kier alpha value is -4.34. The lowest BCUT2D eigenvalue weighted by Gasteiger charge is -2.08. The number of rotatable bonds is 6. The Morgan fingerprint density at radius 1 is 1.13 bits per heavy atom. The highest BCUT2D eigenvalue weighted by atomic mass is 16.6. The first-order valence-corrected chi connectivity index (χ1v) is 8.76. The van der Waals surface area contributed by atoms with E-state index in [9.17, 15) is 24.8 Å². The number of nitrogens with zero attached hydrogens (tertiary/aromatic N) is 3. The molecule has 0 atom stereocenters. The van der Waals surface area contributed by atoms with Gasteiger partial charge in [0.25, 0.3) is 11.6 Å². The average molecular weight is 408 g/mol. The lowest BCUT2D eigenvalue weighted by molar-refractivity contribution is -0.384. The number of nitro benzene ring substituents is 1. The smallest absolute Gasteiger partial charge is 0.338 e. The molecule has 10 heteroatoms. The minimum absolute atomic E-state index is 0.0663. The van der Waals surface area contributed by atoms with Crippen molar-refractivity contribution in [3.05, 3.63) is 76.1 Å². The number of aromatic hydroxyl groups is 1. The van der Waals surface area contributed by atoms with Crippen LogP contribution in [0.15, 0.2) is 54.9 Å². The summed E-state index contributed by atoms with van der Waals surface area (Å²) < 4.78 is 4.85. The van der Waals surface area contributed by atoms with Crippen molar-refractivity contribution in [2.24, 2.45) is 0 Å². The number of benzene rings is 2. The molecule has 30 heavy (non-hydrogen) atoms. The molecule has 0 unspecified atom stereocenters. The van der Waals surface area contributed by atoms with Crippen molar-refractivity contribution in [1.29, 1.82) is 0 Å². The highest BCUT2D eigenvalue weighted by molar-refractivity contribution is 6.06. The summed E-state index contributed by atoms with van der Waals surface area (Å²) in [6, 6.07) is 9.68. The molecule has 1 amide bonds. The van der Waals surface area contributed by atoms with Crippen molar-refractivity contribution in [2.45, 2.75) is 6.92 Å². The van der Waals surface area contributed by atoms with Gasteiger partial charge in [-0.1, -0.05) is 12.1 Å². The predicted molar refractivity (Wildman–Crippen MR) is 106 cm³/mol. The van der Waals surface area contributed by atoms with Crippen LogP contribution in [-0.4, -0.2) is 38.5 Å². The molecule has 2 aromatic carbocycles. The number of phenolic OH excluding ortho intramolecular Hbond substituents is 1. The molecule has 3 rings (SSSR count). The minimum atomic E-state index is -0.769. The first-order valence-electron chi connectivity index (χ1n) is 8.76. The molecule has 0 bridgehead atoms. The van der Waals surface area contributed by atoms with Crippen LogP contribution in [-0.2, 0) is 4.74 Å². The monoisotopic (exact) mass is 408 g/mol. The van der Waals surface area contributed by atoms with E-state index in [1.54, 1.807) is 19.1 Å². The van der Waals surface area contributed by atoms with Crippen LogP contribution in [0.25, 0.3) is 11.4 Å². The maximum atomic E-state index is 12.5. The highest BCUT2D eigenvalue weighted by Gasteiger charge is 2.19. The summed E-state index contributed by atoms with van der Waals surface area (Å²) in [6.45, 7) is 1.69. The zero-order valence-corrected chi connectivity index (χ0v) is 15.7. The normalized spacial score (nSPS) is 10.3. The summed E-state index contributed by atoms with van der Waals surface area (Å²) in [7, 11) is 0. The molecule has 0 spiro atoms. The van der Waals surface area contributed by atoms with E-state index in [0.717, 1.165) is 12.1 Å². The number of nitro groups is 1. The molecule has 1 heterocycles. The Bertz CT molecular complexity index is 1110. The fraction of sp³-hybridized carbons (Fsp3) is 0.100. The van der Waals surface area contributed by atoms with Gasteiger partial charge in [0, 0.05) is 23.3 Å². The van der Waals surface area contributed by atoms with Gasteiger partial charge in [0.1, 0.15) is 5.75 Å². The van der Waals surface area contributed by atoms with Crippen LogP contribution in [0, 0.1) is 10.1 Å². The highest BCUT2D eigenvalue weighted by Crippen LogP contribution is 2.22. The second-order valence-electron chi connectivity index (χ2n) is 6.05. The molecule has 0 aliphatic carbocycles. The van der Waals surface area contributed by atoms with Crippen LogP contribution < -0.4 is 5.32 Å². The van der Waals surface area contributed by atoms with Crippen molar-refractivity contribution < 1.29 is 24.4 Å². The number of hydrogen-bond acceptors (Lipinski definition) is 8. The number of phenols is 1. The Balaban J connectivity index is 1.83. The summed E-state index contributed by atoms with van der Waals surface area (Å²) in [5.41, 5.74) is 0.218. The quantitative estimate of drug-likeness (QED) is 0.359. The maximum Gasteiger partial charge on any atom is 0.338 e. The standard InChI is InChI=1S/C20H16N4O6/c1-2-30-20(27)14-6-13(7-16(8-14)24(28)29)19(26)23-15-10-21-18(22-11-15)12-4-3-5-17(25)9-12/h3-11,25H,2H2,1H3,(H,23,26). The van der Waals surface area contributed by atoms with Gasteiger partial charge >= 0.3 is 5.97 Å². The van der Waals surface area contributed by atoms with Crippen molar-refractivity contribution >= 4 is 23.3 Å². The van der Waals surface area contributed by atoms with Crippen LogP contribution >= 0.6 is 0 Å². The van der Waals surface area contributed by atoms with E-state index in [-0.39, 0.29) is 29.2 Å². The molecular weight excluding hydrogens is 392 g/mol. The fourth-order valence-electron chi connectivity index (χ4n) is 2.57. The van der Waals surface area contributed by atoms with Gasteiger partial charge in [-0.3, -0.25) is 14.9 Å². The number of aromatic nitrogens is 2. The summed E-state index contributed by atoms with van der Waals surface area (Å²) >= 11 is 0. The van der Waals surface area contributed by atoms with Gasteiger partial charge in [-0.25, -0.2) is 14.8 Å². The number of carbonyl (C=O) groups excluding carboxylic acids is 2. The Kier molecular flexibility index (Phi) is 5.97. The molecular formula is C20H16N4O6. The lowest BCUT2D eigenvalue weighted by atomic mass is 10.1. The summed E-state index contributed by atoms with van der Waals surface area (Å²) in [5.74, 6) is -1.05. The second kappa shape index (κ2) is 8.78. The molecule has 0 radical (unpaired) electrons. The summed E-state index contributed by atoms with van der Waals surface area (Å²) in [6.07, 6.45) is 2.71. The van der Waals surface area contributed by atoms with Crippen LogP contribution in [0.5, 0.6) is 5.75 Å². The Morgan fingerprint density at radius 2 is 1.83 bits per heavy atom. The predicted octanol–water partition coefficient (Wildman–Crippen LogP) is 3.19. The number of non-ortho nitro benzene ring substituents is 1. The number of hydrogen-bond donors (Lipinski definition) is 2. The number of esters is 1. The van der Waals surface area contributed by atoms with Gasteiger partial charge in [0.05, 0.1) is 35.2 Å². The topological polar surface area (TPSA) is 145 Å². The van der Waals surface area contributed by atoms with Crippen LogP contribution in [0.2, 0.25) is 0 Å². The Morgan fingerprint density at radius 3 is 2.47 bits per heavy atom. The minimum Gasteiger partial charge on any atom is -0.508 e. The lowest BCUT2D eigenvalue weighted by Crippen LogP contribution is -2.14. The average Bonchev–Trinajstić information content (AvgIpc) is 2.74. The maximum absolute atomic E-state index is 12.5. The number of carbonyl (C=O) groups is 2. The molecule has 0 saturated carbocycles. The van der Waals surface area contributed by atoms with Crippen molar-refractivity contribution in [3.8, 4) is 17.1 Å². The van der Waals surface area contributed by atoms with Crippen LogP contribution in [0.3, 0.4) is 0 Å². The van der Waals surface area contributed by atoms with Gasteiger partial charge in [0.2, 0.25) is 0 Å². The first-order chi connectivity index (χ1) is 14.4. The molecule has 152 valence electrons. The number of nitrogens with one attached hydrogen (secondary N) is 1. The van der Waals surface area contributed by atoms with Gasteiger partial charge in [-0.05, 0) is 25.1 Å². The SMILES string of the molecule is CCOC(=O)c1cc(C(=O)Nc2cnc(-c3cccc(O)c3)nc2)cc([N+](=O)[O-])c1. The third kappa shape index (κ3) is 4.73. The van der Waals surface area contributed by atoms with E-state index in [1.165, 1.54) is 30.6 Å². The number of ether oxygens (including phenoxy) is 1. The van der Waals surface area contributed by atoms with E-state index in [1.807, 2.05) is 0 Å². The molecule has 0 aliphatic rings. The van der Waals surface area contributed by atoms with Gasteiger partial charge in [-0.15, -0.1) is 0 Å². The zero-order chi connectivity index (χ0) is 21.7. The van der Waals surface area contributed by atoms with E-state index < -0.39 is 22.5 Å². The molecule has 3 aromatic rings. The van der Waals surface area contributed by atoms with Gasteiger partial charge < -0.3 is 15.2 Å². The second-order valence-corrected chi connectivity index (χ2v) is 6.05. The third-order valence-electron chi connectivity index (χ3n) is 3.92. The van der Waals surface area contributed by atoms with Crippen LogP contribution in [0.1, 0.15) is 27.6 Å². The van der Waals surface area contributed by atoms with Crippen molar-refractivity contribution in [2.75, 3.05) is 11.9 Å². The van der Waals surface area contributed by atoms with E-state index in [0.29, 0.717) is 11.4 Å². The molecule has 10 nitrogen and oxygen atoms in total. The summed E-state index contributed by atoms with van der Waals surface area (Å²) in [5, 5.41) is 23.2. The largest absolute Gasteiger partial charge is 0.508 e. The van der Waals surface area contributed by atoms with Crippen LogP contribution in [0.4, 0.5) is 11.4 Å². The van der Waals surface area contributed by atoms with Gasteiger partial charge in [0.15, 0.2) is 5.82 Å². The fourth-order valence-corrected chi connectivity index (χ4v) is 2.57.